The Bertz CT molecular complexity index is 543. The molecule has 2 amide bonds. The van der Waals surface area contributed by atoms with E-state index in [9.17, 15) is 14.4 Å². The number of carbonyl (C=O) groups excluding carboxylic acids is 3. The predicted octanol–water partition coefficient (Wildman–Crippen LogP) is 2.44. The van der Waals surface area contributed by atoms with Gasteiger partial charge in [0.1, 0.15) is 12.6 Å². The van der Waals surface area contributed by atoms with Crippen molar-refractivity contribution >= 4 is 18.0 Å². The highest BCUT2D eigenvalue weighted by molar-refractivity contribution is 5.93. The van der Waals surface area contributed by atoms with E-state index in [0.717, 1.165) is 5.56 Å². The first kappa shape index (κ1) is 16.0. The molecule has 6 heteroatoms. The van der Waals surface area contributed by atoms with Crippen LogP contribution in [-0.2, 0) is 19.1 Å². The highest BCUT2D eigenvalue weighted by Crippen LogP contribution is 2.28. The summed E-state index contributed by atoms with van der Waals surface area (Å²) in [5.41, 5.74) is 0.872. The first-order valence-electron chi connectivity index (χ1n) is 7.24. The van der Waals surface area contributed by atoms with Crippen LogP contribution in [0.4, 0.5) is 4.79 Å². The monoisotopic (exact) mass is 305 g/mol. The van der Waals surface area contributed by atoms with Gasteiger partial charge in [0.25, 0.3) is 0 Å². The van der Waals surface area contributed by atoms with E-state index < -0.39 is 6.09 Å². The number of hydrogen-bond acceptors (Lipinski definition) is 5. The fourth-order valence-corrected chi connectivity index (χ4v) is 2.39. The molecule has 2 rings (SSSR count). The molecule has 0 aliphatic carbocycles. The number of carbonyl (C=O) groups is 3. The minimum atomic E-state index is -0.605. The molecule has 0 radical (unpaired) electrons. The second kappa shape index (κ2) is 7.59. The van der Waals surface area contributed by atoms with Gasteiger partial charge in [-0.25, -0.2) is 9.69 Å². The quantitative estimate of drug-likeness (QED) is 0.596. The third kappa shape index (κ3) is 3.84. The van der Waals surface area contributed by atoms with E-state index in [4.69, 9.17) is 4.74 Å². The molecule has 1 fully saturated rings. The number of methoxy groups -OCH3 is 1. The second-order valence-electron chi connectivity index (χ2n) is 5.05. The second-order valence-corrected chi connectivity index (χ2v) is 5.05. The number of rotatable bonds is 6. The first-order chi connectivity index (χ1) is 10.6. The summed E-state index contributed by atoms with van der Waals surface area (Å²) in [4.78, 5) is 36.2. The summed E-state index contributed by atoms with van der Waals surface area (Å²) < 4.78 is 9.55. The summed E-state index contributed by atoms with van der Waals surface area (Å²) in [7, 11) is 1.33. The molecule has 0 bridgehead atoms. The Morgan fingerprint density at radius 1 is 1.23 bits per heavy atom. The van der Waals surface area contributed by atoms with Crippen LogP contribution in [0.25, 0.3) is 0 Å². The van der Waals surface area contributed by atoms with Crippen molar-refractivity contribution in [3.63, 3.8) is 0 Å². The zero-order valence-corrected chi connectivity index (χ0v) is 12.5. The molecule has 0 N–H and O–H groups in total. The van der Waals surface area contributed by atoms with Crippen molar-refractivity contribution in [2.75, 3.05) is 13.7 Å². The van der Waals surface area contributed by atoms with E-state index >= 15 is 0 Å². The molecule has 6 nitrogen and oxygen atoms in total. The Kier molecular flexibility index (Phi) is 5.52. The van der Waals surface area contributed by atoms with Gasteiger partial charge in [-0.15, -0.1) is 0 Å². The summed E-state index contributed by atoms with van der Waals surface area (Å²) in [6.45, 7) is 0.177. The number of hydrogen-bond donors (Lipinski definition) is 0. The molecule has 1 heterocycles. The minimum Gasteiger partial charge on any atom is -0.469 e. The molecule has 1 unspecified atom stereocenters. The molecule has 1 saturated heterocycles. The van der Waals surface area contributed by atoms with Gasteiger partial charge in [-0.3, -0.25) is 9.59 Å². The van der Waals surface area contributed by atoms with Gasteiger partial charge in [-0.05, 0) is 18.4 Å². The Hall–Kier alpha value is -2.37. The number of ether oxygens (including phenoxy) is 2. The van der Waals surface area contributed by atoms with E-state index in [1.165, 1.54) is 12.0 Å². The molecule has 0 spiro atoms. The van der Waals surface area contributed by atoms with E-state index in [1.807, 2.05) is 30.3 Å². The van der Waals surface area contributed by atoms with Crippen molar-refractivity contribution in [1.82, 2.24) is 4.90 Å². The van der Waals surface area contributed by atoms with Gasteiger partial charge in [0.05, 0.1) is 7.11 Å². The zero-order valence-electron chi connectivity index (χ0n) is 12.5. The van der Waals surface area contributed by atoms with Crippen LogP contribution in [0.1, 0.15) is 37.3 Å². The Balaban J connectivity index is 1.92. The number of cyclic esters (lactones) is 1. The topological polar surface area (TPSA) is 72.9 Å². The standard InChI is InChI=1S/C16H19NO5/c1-21-15(19)10-6-5-9-14(18)17-13(11-22-16(17)20)12-7-3-2-4-8-12/h2-4,7-8,13H,5-6,9-11H2,1H3. The molecule has 1 aliphatic heterocycles. The van der Waals surface area contributed by atoms with Crippen LogP contribution in [0.2, 0.25) is 0 Å². The van der Waals surface area contributed by atoms with Crippen LogP contribution < -0.4 is 0 Å². The molecular weight excluding hydrogens is 286 g/mol. The number of unbranched alkanes of at least 4 members (excludes halogenated alkanes) is 1. The number of benzene rings is 1. The van der Waals surface area contributed by atoms with Crippen LogP contribution in [0, 0.1) is 0 Å². The molecule has 118 valence electrons. The third-order valence-electron chi connectivity index (χ3n) is 3.58. The number of esters is 1. The average Bonchev–Trinajstić information content (AvgIpc) is 2.93. The first-order valence-corrected chi connectivity index (χ1v) is 7.24. The maximum Gasteiger partial charge on any atom is 0.417 e. The normalized spacial score (nSPS) is 17.2. The van der Waals surface area contributed by atoms with Gasteiger partial charge >= 0.3 is 12.1 Å². The van der Waals surface area contributed by atoms with Crippen LogP contribution >= 0.6 is 0 Å². The van der Waals surface area contributed by atoms with Gasteiger partial charge in [0, 0.05) is 12.8 Å². The molecule has 1 aromatic carbocycles. The van der Waals surface area contributed by atoms with Crippen molar-refractivity contribution in [2.24, 2.45) is 0 Å². The van der Waals surface area contributed by atoms with Crippen LogP contribution in [0.15, 0.2) is 30.3 Å². The maximum atomic E-state index is 12.3. The fourth-order valence-electron chi connectivity index (χ4n) is 2.39. The minimum absolute atomic E-state index is 0.177. The van der Waals surface area contributed by atoms with E-state index in [-0.39, 0.29) is 37.4 Å². The van der Waals surface area contributed by atoms with Crippen molar-refractivity contribution in [3.8, 4) is 0 Å². The molecule has 0 aromatic heterocycles. The summed E-state index contributed by atoms with van der Waals surface area (Å²) in [6.07, 6.45) is 0.953. The number of imide groups is 1. The van der Waals surface area contributed by atoms with Crippen LogP contribution in [0.3, 0.4) is 0 Å². The molecular formula is C16H19NO5. The molecule has 1 aliphatic rings. The average molecular weight is 305 g/mol. The Labute approximate surface area is 129 Å². The van der Waals surface area contributed by atoms with Crippen LogP contribution in [-0.4, -0.2) is 36.6 Å². The lowest BCUT2D eigenvalue weighted by Crippen LogP contribution is -2.34. The summed E-state index contributed by atoms with van der Waals surface area (Å²) >= 11 is 0. The fraction of sp³-hybridized carbons (Fsp3) is 0.438. The number of amides is 2. The van der Waals surface area contributed by atoms with Gasteiger partial charge < -0.3 is 9.47 Å². The van der Waals surface area contributed by atoms with E-state index in [1.54, 1.807) is 0 Å². The Morgan fingerprint density at radius 3 is 2.59 bits per heavy atom. The Morgan fingerprint density at radius 2 is 1.91 bits per heavy atom. The lowest BCUT2D eigenvalue weighted by Gasteiger charge is -2.19. The van der Waals surface area contributed by atoms with E-state index in [0.29, 0.717) is 12.8 Å². The highest BCUT2D eigenvalue weighted by atomic mass is 16.6. The maximum absolute atomic E-state index is 12.3. The van der Waals surface area contributed by atoms with Gasteiger partial charge in [0.15, 0.2) is 0 Å². The highest BCUT2D eigenvalue weighted by Gasteiger charge is 2.38. The van der Waals surface area contributed by atoms with Crippen LogP contribution in [0.5, 0.6) is 0 Å². The SMILES string of the molecule is COC(=O)CCCCC(=O)N1C(=O)OCC1c1ccccc1. The van der Waals surface area contributed by atoms with Gasteiger partial charge in [-0.2, -0.15) is 0 Å². The van der Waals surface area contributed by atoms with Crippen molar-refractivity contribution in [2.45, 2.75) is 31.7 Å². The summed E-state index contributed by atoms with van der Waals surface area (Å²) in [5, 5.41) is 0. The zero-order chi connectivity index (χ0) is 15.9. The summed E-state index contributed by atoms with van der Waals surface area (Å²) in [5.74, 6) is -0.573. The largest absolute Gasteiger partial charge is 0.469 e. The number of nitrogens with zero attached hydrogens (tertiary/aromatic N) is 1. The molecule has 22 heavy (non-hydrogen) atoms. The van der Waals surface area contributed by atoms with Crippen molar-refractivity contribution in [1.29, 1.82) is 0 Å². The smallest absolute Gasteiger partial charge is 0.417 e. The summed E-state index contributed by atoms with van der Waals surface area (Å²) in [6, 6.07) is 8.95. The lowest BCUT2D eigenvalue weighted by molar-refractivity contribution is -0.141. The van der Waals surface area contributed by atoms with Crippen molar-refractivity contribution in [3.05, 3.63) is 35.9 Å². The predicted molar refractivity (Wildman–Crippen MR) is 77.9 cm³/mol. The molecule has 1 atom stereocenters. The van der Waals surface area contributed by atoms with E-state index in [2.05, 4.69) is 4.74 Å². The molecule has 0 saturated carbocycles. The van der Waals surface area contributed by atoms with Gasteiger partial charge in [0.2, 0.25) is 5.91 Å². The molecule has 1 aromatic rings. The third-order valence-corrected chi connectivity index (χ3v) is 3.58. The van der Waals surface area contributed by atoms with Gasteiger partial charge in [-0.1, -0.05) is 30.3 Å². The van der Waals surface area contributed by atoms with Crippen molar-refractivity contribution < 1.29 is 23.9 Å². The lowest BCUT2D eigenvalue weighted by atomic mass is 10.1.